The van der Waals surface area contributed by atoms with Gasteiger partial charge < -0.3 is 39.3 Å². The number of aromatic nitrogens is 5. The fourth-order valence-corrected chi connectivity index (χ4v) is 15.4. The number of nitrogens with zero attached hydrogens (tertiary/aromatic N) is 9. The van der Waals surface area contributed by atoms with Gasteiger partial charge in [0, 0.05) is 87.9 Å². The van der Waals surface area contributed by atoms with Crippen LogP contribution in [0, 0.1) is 17.7 Å². The lowest BCUT2D eigenvalue weighted by Gasteiger charge is -2.37. The number of amides is 2. The van der Waals surface area contributed by atoms with E-state index >= 15 is 4.39 Å². The Morgan fingerprint density at radius 1 is 0.896 bits per heavy atom. The Hall–Kier alpha value is -5.81. The predicted molar refractivity (Wildman–Crippen MR) is 293 cm³/mol. The Kier molecular flexibility index (Phi) is 13.5. The zero-order valence-corrected chi connectivity index (χ0v) is 45.5. The summed E-state index contributed by atoms with van der Waals surface area (Å²) in [7, 11) is 2.03. The molecule has 16 nitrogen and oxygen atoms in total. The number of aromatic hydroxyl groups is 1. The van der Waals surface area contributed by atoms with Gasteiger partial charge in [-0.1, -0.05) is 13.8 Å². The number of pyridine rings is 1. The highest BCUT2D eigenvalue weighted by atomic mass is 19.1. The number of nitrogens with one attached hydrogen (secondary N) is 1. The van der Waals surface area contributed by atoms with Gasteiger partial charge in [0.15, 0.2) is 5.82 Å². The van der Waals surface area contributed by atoms with Gasteiger partial charge in [-0.3, -0.25) is 14.4 Å². The third-order valence-corrected chi connectivity index (χ3v) is 19.6. The third kappa shape index (κ3) is 9.52. The van der Waals surface area contributed by atoms with E-state index in [-0.39, 0.29) is 63.9 Å². The van der Waals surface area contributed by atoms with Crippen molar-refractivity contribution in [2.75, 3.05) is 82.0 Å². The number of hydrogen-bond acceptors (Lipinski definition) is 13. The molecule has 17 heteroatoms. The molecule has 2 N–H and O–H groups in total. The average Bonchev–Trinajstić information content (AvgIpc) is 4.11. The van der Waals surface area contributed by atoms with Gasteiger partial charge in [-0.2, -0.15) is 15.1 Å². The van der Waals surface area contributed by atoms with Crippen LogP contribution in [-0.4, -0.2) is 142 Å². The van der Waals surface area contributed by atoms with E-state index < -0.39 is 5.82 Å². The van der Waals surface area contributed by atoms with Crippen LogP contribution in [0.15, 0.2) is 30.3 Å². The second-order valence-corrected chi connectivity index (χ2v) is 24.8. The minimum absolute atomic E-state index is 0.0526. The van der Waals surface area contributed by atoms with E-state index in [9.17, 15) is 14.7 Å². The molecule has 7 aliphatic heterocycles. The highest BCUT2D eigenvalue weighted by Gasteiger charge is 2.50. The van der Waals surface area contributed by atoms with Crippen molar-refractivity contribution in [3.63, 3.8) is 0 Å². The van der Waals surface area contributed by atoms with Gasteiger partial charge in [0.2, 0.25) is 5.91 Å². The predicted octanol–water partition coefficient (Wildman–Crippen LogP) is 9.10. The Morgan fingerprint density at radius 3 is 2.55 bits per heavy atom. The second kappa shape index (κ2) is 20.4. The Morgan fingerprint density at radius 2 is 1.73 bits per heavy atom. The summed E-state index contributed by atoms with van der Waals surface area (Å²) in [6.45, 7) is 12.2. The molecule has 8 aliphatic rings. The number of hydrogen-bond donors (Lipinski definition) is 2. The molecule has 10 heterocycles. The van der Waals surface area contributed by atoms with Crippen LogP contribution in [0.2, 0.25) is 0 Å². The molecule has 5 aromatic rings. The number of phenols is 1. The maximum absolute atomic E-state index is 17.6. The lowest BCUT2D eigenvalue weighted by molar-refractivity contribution is -0.122. The van der Waals surface area contributed by atoms with E-state index in [1.807, 2.05) is 22.7 Å². The first-order valence-corrected chi connectivity index (χ1v) is 29.3. The number of anilines is 2. The summed E-state index contributed by atoms with van der Waals surface area (Å²) in [4.78, 5) is 49.9. The standard InChI is InChI=1S/C60H77FN10O6/c1-59(2)19-4-7-39-30-44(72)32-46(51(39)59)54-52(61)55-50-47(63-54)12-10-42-34-75-28-6-22-70(42)56(50)65-57(64-55)77-36-60-20-5-23-71(60)43(14-21-60)35-76-58(74)69-26-17-38(18-27-69)29-37-15-24-68(25-16-37)41-9-11-45-48(31-41)67(3)66-53(45)40-8-13-49(73)62-33-40/h9,11,30-32,37-38,40,42-43,72H,4-8,10,12-29,33-36H2,1-3H3,(H,62,73)/t40?,42-,43-,60-/m0/s1. The van der Waals surface area contributed by atoms with Crippen LogP contribution in [0.4, 0.5) is 20.7 Å². The van der Waals surface area contributed by atoms with Gasteiger partial charge in [0.05, 0.1) is 40.5 Å². The monoisotopic (exact) mass is 1050 g/mol. The average molecular weight is 1050 g/mol. The van der Waals surface area contributed by atoms with Crippen LogP contribution in [0.25, 0.3) is 33.1 Å². The zero-order valence-electron chi connectivity index (χ0n) is 45.5. The fourth-order valence-electron chi connectivity index (χ4n) is 15.4. The normalized spacial score (nSPS) is 26.1. The molecule has 0 spiro atoms. The molecule has 410 valence electrons. The molecule has 0 bridgehead atoms. The highest BCUT2D eigenvalue weighted by Crippen LogP contribution is 2.48. The number of piperidine rings is 3. The summed E-state index contributed by atoms with van der Waals surface area (Å²) in [5, 5.41) is 20.8. The van der Waals surface area contributed by atoms with Crippen molar-refractivity contribution in [1.29, 1.82) is 0 Å². The summed E-state index contributed by atoms with van der Waals surface area (Å²) in [5.41, 5.74) is 6.95. The summed E-state index contributed by atoms with van der Waals surface area (Å²) in [6.07, 6.45) is 15.6. The largest absolute Gasteiger partial charge is 0.508 e. The Balaban J connectivity index is 0.634. The van der Waals surface area contributed by atoms with Crippen LogP contribution >= 0.6 is 0 Å². The maximum Gasteiger partial charge on any atom is 0.409 e. The van der Waals surface area contributed by atoms with Crippen molar-refractivity contribution in [2.45, 2.75) is 152 Å². The fraction of sp³-hybridized carbons (Fsp3) is 0.633. The minimum atomic E-state index is -0.513. The van der Waals surface area contributed by atoms with Crippen molar-refractivity contribution in [1.82, 2.24) is 39.8 Å². The lowest BCUT2D eigenvalue weighted by atomic mass is 9.70. The van der Waals surface area contributed by atoms with Crippen LogP contribution < -0.4 is 19.9 Å². The van der Waals surface area contributed by atoms with Crippen molar-refractivity contribution >= 4 is 45.3 Å². The molecule has 0 saturated carbocycles. The Labute approximate surface area is 451 Å². The maximum atomic E-state index is 17.6. The van der Waals surface area contributed by atoms with E-state index in [0.29, 0.717) is 74.4 Å². The summed E-state index contributed by atoms with van der Waals surface area (Å²) < 4.78 is 38.6. The number of rotatable bonds is 10. The number of likely N-dealkylation sites (tertiary alicyclic amines) is 1. The molecule has 0 radical (unpaired) electrons. The molecule has 4 atom stereocenters. The summed E-state index contributed by atoms with van der Waals surface area (Å²) >= 11 is 0. The quantitative estimate of drug-likeness (QED) is 0.136. The van der Waals surface area contributed by atoms with Gasteiger partial charge in [0.1, 0.15) is 36.0 Å². The number of ether oxygens (including phenoxy) is 3. The number of aryl methyl sites for hydroxylation is 3. The Bertz CT molecular complexity index is 3070. The number of fused-ring (bicyclic) bond motifs is 5. The molecule has 2 aromatic carbocycles. The first-order valence-electron chi connectivity index (χ1n) is 29.3. The zero-order chi connectivity index (χ0) is 52.6. The van der Waals surface area contributed by atoms with E-state index in [1.54, 1.807) is 6.07 Å². The van der Waals surface area contributed by atoms with Gasteiger partial charge in [-0.05, 0) is 168 Å². The number of carbonyl (C=O) groups is 2. The minimum Gasteiger partial charge on any atom is -0.508 e. The molecule has 1 aliphatic carbocycles. The van der Waals surface area contributed by atoms with Crippen LogP contribution in [-0.2, 0) is 39.6 Å². The van der Waals surface area contributed by atoms with E-state index in [4.69, 9.17) is 34.3 Å². The van der Waals surface area contributed by atoms with Gasteiger partial charge in [0.25, 0.3) is 0 Å². The van der Waals surface area contributed by atoms with E-state index in [0.717, 1.165) is 144 Å². The molecule has 1 unspecified atom stereocenters. The highest BCUT2D eigenvalue weighted by molar-refractivity contribution is 5.96. The van der Waals surface area contributed by atoms with Crippen molar-refractivity contribution < 1.29 is 33.3 Å². The molecule has 2 amide bonds. The van der Waals surface area contributed by atoms with Crippen molar-refractivity contribution in [3.05, 3.63) is 58.7 Å². The van der Waals surface area contributed by atoms with Crippen LogP contribution in [0.1, 0.15) is 139 Å². The van der Waals surface area contributed by atoms with Crippen molar-refractivity contribution in [2.24, 2.45) is 18.9 Å². The van der Waals surface area contributed by atoms with Gasteiger partial charge in [-0.15, -0.1) is 0 Å². The molecule has 3 aromatic heterocycles. The summed E-state index contributed by atoms with van der Waals surface area (Å²) in [6, 6.07) is 10.6. The van der Waals surface area contributed by atoms with Crippen LogP contribution in [0.3, 0.4) is 0 Å². The van der Waals surface area contributed by atoms with Crippen molar-refractivity contribution in [3.8, 4) is 23.0 Å². The van der Waals surface area contributed by atoms with Crippen LogP contribution in [0.5, 0.6) is 11.8 Å². The van der Waals surface area contributed by atoms with E-state index in [1.165, 1.54) is 30.3 Å². The van der Waals surface area contributed by atoms with Gasteiger partial charge in [-0.25, -0.2) is 14.2 Å². The lowest BCUT2D eigenvalue weighted by Crippen LogP contribution is -2.48. The number of carbonyl (C=O) groups excluding carboxylic acids is 2. The van der Waals surface area contributed by atoms with Gasteiger partial charge >= 0.3 is 12.1 Å². The molecule has 77 heavy (non-hydrogen) atoms. The second-order valence-electron chi connectivity index (χ2n) is 24.8. The topological polar surface area (TPSA) is 164 Å². The molecule has 13 rings (SSSR count). The first-order chi connectivity index (χ1) is 37.4. The number of halogens is 1. The molecule has 6 fully saturated rings. The summed E-state index contributed by atoms with van der Waals surface area (Å²) in [5.74, 6) is 1.96. The molecular weight excluding hydrogens is 976 g/mol. The smallest absolute Gasteiger partial charge is 0.409 e. The number of benzene rings is 2. The first kappa shape index (κ1) is 50.7. The van der Waals surface area contributed by atoms with E-state index in [2.05, 4.69) is 52.1 Å². The molecular formula is C60H77FN10O6. The third-order valence-electron chi connectivity index (χ3n) is 19.6. The number of phenolic OH excluding ortho intramolecular Hbond substituents is 1. The molecule has 6 saturated heterocycles. The SMILES string of the molecule is Cn1nc(C2CCC(=O)NC2)c2ccc(N3CCC(CC4CCN(C(=O)OC[C@@H]5CC[C@]6(COc7nc8c9c(nc(-c%10cc(O)cc%11c%10C(C)(C)CCC%11)c(F)c9n7)CC[C@H]7COCCCN87)CCCN56)CC4)CC3)cc21.